The third-order valence-electron chi connectivity index (χ3n) is 3.21. The van der Waals surface area contributed by atoms with Gasteiger partial charge < -0.3 is 20.5 Å². The van der Waals surface area contributed by atoms with Crippen LogP contribution >= 0.6 is 23.7 Å². The molecule has 1 heterocycles. The highest BCUT2D eigenvalue weighted by atomic mass is 35.5. The average Bonchev–Trinajstić information content (AvgIpc) is 3.01. The van der Waals surface area contributed by atoms with Crippen LogP contribution in [0.15, 0.2) is 23.6 Å². The summed E-state index contributed by atoms with van der Waals surface area (Å²) in [5.74, 6) is -1.47. The predicted octanol–water partition coefficient (Wildman–Crippen LogP) is 3.97. The first kappa shape index (κ1) is 22.9. The number of ether oxygens (including phenoxy) is 2. The molecule has 0 aliphatic rings. The zero-order valence-electron chi connectivity index (χ0n) is 13.8. The number of nitrogens with one attached hydrogen (secondary N) is 1. The van der Waals surface area contributed by atoms with Gasteiger partial charge in [0.1, 0.15) is 11.5 Å². The number of nitrogens with two attached hydrogens (primary N) is 1. The molecule has 1 unspecified atom stereocenters. The van der Waals surface area contributed by atoms with Crippen LogP contribution in [-0.2, 0) is 4.79 Å². The summed E-state index contributed by atoms with van der Waals surface area (Å²) >= 11 is 1.06. The summed E-state index contributed by atoms with van der Waals surface area (Å²) in [7, 11) is 0. The molecule has 0 aliphatic carbocycles. The van der Waals surface area contributed by atoms with Gasteiger partial charge in [-0.3, -0.25) is 4.79 Å². The average molecular weight is 430 g/mol. The first-order valence-corrected chi connectivity index (χ1v) is 8.18. The minimum absolute atomic E-state index is 0. The van der Waals surface area contributed by atoms with Gasteiger partial charge in [0.2, 0.25) is 5.91 Å². The summed E-state index contributed by atoms with van der Waals surface area (Å²) in [6.07, 6.45) is 0. The van der Waals surface area contributed by atoms with E-state index in [0.717, 1.165) is 17.4 Å². The topological polar surface area (TPSA) is 86.5 Å². The Morgan fingerprint density at radius 3 is 2.52 bits per heavy atom. The maximum absolute atomic E-state index is 12.6. The number of amides is 1. The minimum atomic E-state index is -3.17. The Bertz CT molecular complexity index is 764. The van der Waals surface area contributed by atoms with E-state index < -0.39 is 19.1 Å². The van der Waals surface area contributed by atoms with Crippen molar-refractivity contribution in [3.63, 3.8) is 0 Å². The number of anilines is 1. The first-order valence-electron chi connectivity index (χ1n) is 7.30. The van der Waals surface area contributed by atoms with Crippen molar-refractivity contribution >= 4 is 34.8 Å². The molecule has 1 aromatic heterocycles. The Kier molecular flexibility index (Phi) is 8.73. The first-order chi connectivity index (χ1) is 12.3. The summed E-state index contributed by atoms with van der Waals surface area (Å²) in [5, 5.41) is 4.30. The lowest BCUT2D eigenvalue weighted by Gasteiger charge is -2.12. The van der Waals surface area contributed by atoms with Crippen molar-refractivity contribution in [2.45, 2.75) is 20.1 Å². The molecular formula is C15H16ClF4N3O3S. The quantitative estimate of drug-likeness (QED) is 0.620. The lowest BCUT2D eigenvalue weighted by Crippen LogP contribution is -2.26. The van der Waals surface area contributed by atoms with E-state index in [2.05, 4.69) is 19.8 Å². The van der Waals surface area contributed by atoms with Crippen molar-refractivity contribution in [1.82, 2.24) is 4.98 Å². The van der Waals surface area contributed by atoms with Gasteiger partial charge in [0.25, 0.3) is 0 Å². The molecule has 2 aromatic rings. The molecule has 0 spiro atoms. The zero-order chi connectivity index (χ0) is 19.3. The summed E-state index contributed by atoms with van der Waals surface area (Å²) in [6.45, 7) is -4.48. The van der Waals surface area contributed by atoms with Crippen molar-refractivity contribution < 1.29 is 31.8 Å². The van der Waals surface area contributed by atoms with Crippen molar-refractivity contribution in [2.75, 3.05) is 11.9 Å². The van der Waals surface area contributed by atoms with E-state index in [1.807, 2.05) is 0 Å². The molecule has 0 saturated carbocycles. The second-order valence-corrected chi connectivity index (χ2v) is 5.94. The molecular weight excluding hydrogens is 414 g/mol. The maximum atomic E-state index is 12.6. The highest BCUT2D eigenvalue weighted by molar-refractivity contribution is 7.14. The molecule has 1 atom stereocenters. The molecule has 6 nitrogen and oxygen atoms in total. The SMILES string of the molecule is CC(CN)C(=O)Nc1nc(-c2ccc(OC(F)F)cc2OC(F)F)cs1.Cl. The number of carbonyl (C=O) groups is 1. The van der Waals surface area contributed by atoms with E-state index in [0.29, 0.717) is 0 Å². The fourth-order valence-corrected chi connectivity index (χ4v) is 2.59. The molecule has 0 saturated heterocycles. The molecule has 0 bridgehead atoms. The third-order valence-corrected chi connectivity index (χ3v) is 3.96. The lowest BCUT2D eigenvalue weighted by atomic mass is 10.1. The Balaban J connectivity index is 0.00000364. The number of carbonyl (C=O) groups excluding carboxylic acids is 1. The molecule has 2 rings (SSSR count). The van der Waals surface area contributed by atoms with Crippen molar-refractivity contribution in [3.8, 4) is 22.8 Å². The van der Waals surface area contributed by atoms with Gasteiger partial charge >= 0.3 is 13.2 Å². The summed E-state index contributed by atoms with van der Waals surface area (Å²) < 4.78 is 58.4. The number of hydrogen-bond donors (Lipinski definition) is 2. The molecule has 0 fully saturated rings. The van der Waals surface area contributed by atoms with E-state index in [-0.39, 0.29) is 52.7 Å². The van der Waals surface area contributed by atoms with E-state index >= 15 is 0 Å². The number of aromatic nitrogens is 1. The van der Waals surface area contributed by atoms with Crippen LogP contribution in [0.3, 0.4) is 0 Å². The zero-order valence-corrected chi connectivity index (χ0v) is 15.5. The van der Waals surface area contributed by atoms with E-state index in [1.54, 1.807) is 6.92 Å². The standard InChI is InChI=1S/C15H15F4N3O3S.ClH/c1-7(5-20)12(23)22-15-21-10(6-26-15)9-3-2-8(24-13(16)17)4-11(9)25-14(18)19;/h2-4,6-7,13-14H,5,20H2,1H3,(H,21,22,23);1H. The second kappa shape index (κ2) is 10.3. The predicted molar refractivity (Wildman–Crippen MR) is 94.9 cm³/mol. The van der Waals surface area contributed by atoms with Crippen molar-refractivity contribution in [1.29, 1.82) is 0 Å². The smallest absolute Gasteiger partial charge is 0.387 e. The van der Waals surface area contributed by atoms with Crippen molar-refractivity contribution in [2.24, 2.45) is 11.7 Å². The Hall–Kier alpha value is -2.11. The largest absolute Gasteiger partial charge is 0.435 e. The van der Waals surface area contributed by atoms with Gasteiger partial charge in [-0.2, -0.15) is 17.6 Å². The van der Waals surface area contributed by atoms with Crippen LogP contribution in [0, 0.1) is 5.92 Å². The van der Waals surface area contributed by atoms with Gasteiger partial charge in [-0.15, -0.1) is 23.7 Å². The molecule has 27 heavy (non-hydrogen) atoms. The second-order valence-electron chi connectivity index (χ2n) is 5.08. The molecule has 1 amide bonds. The fourth-order valence-electron chi connectivity index (χ4n) is 1.87. The molecule has 0 aliphatic heterocycles. The van der Waals surface area contributed by atoms with Crippen LogP contribution < -0.4 is 20.5 Å². The van der Waals surface area contributed by atoms with E-state index in [1.165, 1.54) is 17.5 Å². The summed E-state index contributed by atoms with van der Waals surface area (Å²) in [4.78, 5) is 15.9. The van der Waals surface area contributed by atoms with Crippen LogP contribution in [0.25, 0.3) is 11.3 Å². The van der Waals surface area contributed by atoms with Gasteiger partial charge in [0, 0.05) is 29.5 Å². The Labute approximate surface area is 162 Å². The van der Waals surface area contributed by atoms with Crippen molar-refractivity contribution in [3.05, 3.63) is 23.6 Å². The minimum Gasteiger partial charge on any atom is -0.435 e. The van der Waals surface area contributed by atoms with Crippen LogP contribution in [0.4, 0.5) is 22.7 Å². The third kappa shape index (κ3) is 6.52. The van der Waals surface area contributed by atoms with Crippen LogP contribution in [0.5, 0.6) is 11.5 Å². The maximum Gasteiger partial charge on any atom is 0.387 e. The Morgan fingerprint density at radius 1 is 1.26 bits per heavy atom. The normalized spacial score (nSPS) is 11.9. The van der Waals surface area contributed by atoms with Gasteiger partial charge in [0.05, 0.1) is 5.69 Å². The Morgan fingerprint density at radius 2 is 1.93 bits per heavy atom. The van der Waals surface area contributed by atoms with Crippen LogP contribution in [-0.4, -0.2) is 30.7 Å². The molecule has 0 radical (unpaired) electrons. The van der Waals surface area contributed by atoms with E-state index in [4.69, 9.17) is 5.73 Å². The van der Waals surface area contributed by atoms with Gasteiger partial charge in [-0.1, -0.05) is 6.92 Å². The number of hydrogen-bond acceptors (Lipinski definition) is 6. The highest BCUT2D eigenvalue weighted by Gasteiger charge is 2.18. The lowest BCUT2D eigenvalue weighted by molar-refractivity contribution is -0.119. The van der Waals surface area contributed by atoms with Crippen LogP contribution in [0.1, 0.15) is 6.92 Å². The van der Waals surface area contributed by atoms with Gasteiger partial charge in [-0.05, 0) is 12.1 Å². The number of thiazole rings is 1. The van der Waals surface area contributed by atoms with Gasteiger partial charge in [-0.25, -0.2) is 4.98 Å². The number of rotatable bonds is 8. The van der Waals surface area contributed by atoms with E-state index in [9.17, 15) is 22.4 Å². The number of halogens is 5. The number of benzene rings is 1. The monoisotopic (exact) mass is 429 g/mol. The number of nitrogens with zero attached hydrogens (tertiary/aromatic N) is 1. The number of alkyl halides is 4. The fraction of sp³-hybridized carbons (Fsp3) is 0.333. The molecule has 150 valence electrons. The highest BCUT2D eigenvalue weighted by Crippen LogP contribution is 2.36. The van der Waals surface area contributed by atoms with Crippen LogP contribution in [0.2, 0.25) is 0 Å². The molecule has 3 N–H and O–H groups in total. The van der Waals surface area contributed by atoms with Gasteiger partial charge in [0.15, 0.2) is 5.13 Å². The molecule has 1 aromatic carbocycles. The summed E-state index contributed by atoms with van der Waals surface area (Å²) in [6, 6.07) is 3.36. The summed E-state index contributed by atoms with van der Waals surface area (Å²) in [5.41, 5.74) is 5.77. The molecule has 12 heteroatoms.